The molecule has 0 amide bonds. The van der Waals surface area contributed by atoms with Crippen LogP contribution in [0.1, 0.15) is 11.6 Å². The number of aromatic amines is 2. The van der Waals surface area contributed by atoms with Gasteiger partial charge in [-0.25, -0.2) is 0 Å². The van der Waals surface area contributed by atoms with E-state index in [9.17, 15) is 0 Å². The molecule has 2 N–H and O–H groups in total. The average molecular weight is 308 g/mol. The minimum Gasteiger partial charge on any atom is -0.300 e. The highest BCUT2D eigenvalue weighted by atomic mass is 32.1. The number of aromatic nitrogens is 6. The summed E-state index contributed by atoms with van der Waals surface area (Å²) in [7, 11) is 0. The van der Waals surface area contributed by atoms with E-state index in [1.807, 2.05) is 9.13 Å². The second kappa shape index (κ2) is 6.58. The Bertz CT molecular complexity index is 655. The maximum Gasteiger partial charge on any atom is 0.195 e. The van der Waals surface area contributed by atoms with Gasteiger partial charge in [-0.2, -0.15) is 10.2 Å². The van der Waals surface area contributed by atoms with Crippen molar-refractivity contribution >= 4 is 24.4 Å². The highest BCUT2D eigenvalue weighted by molar-refractivity contribution is 7.71. The Morgan fingerprint density at radius 3 is 1.65 bits per heavy atom. The fraction of sp³-hybridized carbons (Fsp3) is 0.333. The summed E-state index contributed by atoms with van der Waals surface area (Å²) in [5, 5.41) is 14.1. The van der Waals surface area contributed by atoms with Crippen LogP contribution in [0.2, 0.25) is 0 Å². The van der Waals surface area contributed by atoms with Gasteiger partial charge in [0.1, 0.15) is 11.6 Å². The number of nitrogens with one attached hydrogen (secondary N) is 2. The first-order chi connectivity index (χ1) is 9.67. The van der Waals surface area contributed by atoms with Gasteiger partial charge in [0.2, 0.25) is 0 Å². The largest absolute Gasteiger partial charge is 0.300 e. The van der Waals surface area contributed by atoms with Crippen LogP contribution < -0.4 is 0 Å². The highest BCUT2D eigenvalue weighted by Gasteiger charge is 2.09. The number of nitrogens with zero attached hydrogens (tertiary/aromatic N) is 4. The molecule has 0 spiro atoms. The molecule has 106 valence electrons. The zero-order valence-corrected chi connectivity index (χ0v) is 12.6. The second-order valence-electron chi connectivity index (χ2n) is 4.19. The van der Waals surface area contributed by atoms with Crippen LogP contribution in [-0.2, 0) is 25.9 Å². The van der Waals surface area contributed by atoms with Crippen molar-refractivity contribution in [2.24, 2.45) is 0 Å². The SMILES string of the molecule is C=CCn1c(CCc2n[nH]c(=S)n2CC=C)n[nH]c1=S. The van der Waals surface area contributed by atoms with Crippen molar-refractivity contribution in [3.8, 4) is 0 Å². The Morgan fingerprint density at radius 2 is 1.30 bits per heavy atom. The fourth-order valence-corrected chi connectivity index (χ4v) is 2.39. The quantitative estimate of drug-likeness (QED) is 0.608. The minimum atomic E-state index is 0.602. The lowest BCUT2D eigenvalue weighted by Gasteiger charge is -2.05. The molecular formula is C12H16N6S2. The Kier molecular flexibility index (Phi) is 4.80. The monoisotopic (exact) mass is 308 g/mol. The standard InChI is InChI=1S/C12H16N6S2/c1-3-7-17-9(13-15-11(17)19)5-6-10-14-16-12(20)18(10)8-4-2/h3-4H,1-2,5-8H2,(H,15,19)(H,16,20). The third kappa shape index (κ3) is 3.02. The summed E-state index contributed by atoms with van der Waals surface area (Å²) in [4.78, 5) is 0. The van der Waals surface area contributed by atoms with E-state index in [2.05, 4.69) is 33.6 Å². The predicted molar refractivity (Wildman–Crippen MR) is 82.6 cm³/mol. The molecule has 0 bridgehead atoms. The first-order valence-electron chi connectivity index (χ1n) is 6.17. The van der Waals surface area contributed by atoms with E-state index in [1.54, 1.807) is 12.2 Å². The molecule has 2 heterocycles. The highest BCUT2D eigenvalue weighted by Crippen LogP contribution is 2.06. The van der Waals surface area contributed by atoms with Gasteiger partial charge < -0.3 is 9.13 Å². The molecule has 0 saturated carbocycles. The van der Waals surface area contributed by atoms with Crippen LogP contribution in [0, 0.1) is 9.54 Å². The third-order valence-electron chi connectivity index (χ3n) is 2.87. The van der Waals surface area contributed by atoms with Gasteiger partial charge in [0, 0.05) is 25.9 Å². The Balaban J connectivity index is 2.17. The summed E-state index contributed by atoms with van der Waals surface area (Å²) in [6.07, 6.45) is 5.03. The van der Waals surface area contributed by atoms with E-state index in [1.165, 1.54) is 0 Å². The topological polar surface area (TPSA) is 67.2 Å². The lowest BCUT2D eigenvalue weighted by molar-refractivity contribution is 0.673. The third-order valence-corrected chi connectivity index (χ3v) is 3.49. The van der Waals surface area contributed by atoms with Crippen LogP contribution in [0.25, 0.3) is 0 Å². The molecule has 0 aliphatic heterocycles. The van der Waals surface area contributed by atoms with E-state index in [0.29, 0.717) is 22.6 Å². The molecule has 0 atom stereocenters. The fourth-order valence-electron chi connectivity index (χ4n) is 1.94. The van der Waals surface area contributed by atoms with Gasteiger partial charge in [-0.15, -0.1) is 13.2 Å². The van der Waals surface area contributed by atoms with Gasteiger partial charge in [-0.1, -0.05) is 12.2 Å². The number of allylic oxidation sites excluding steroid dienone is 2. The molecule has 0 fully saturated rings. The Labute approximate surface area is 126 Å². The zero-order valence-electron chi connectivity index (χ0n) is 11.0. The van der Waals surface area contributed by atoms with E-state index < -0.39 is 0 Å². The van der Waals surface area contributed by atoms with Crippen molar-refractivity contribution in [3.05, 3.63) is 46.5 Å². The van der Waals surface area contributed by atoms with Gasteiger partial charge in [-0.05, 0) is 24.4 Å². The first-order valence-corrected chi connectivity index (χ1v) is 6.99. The Hall–Kier alpha value is -1.80. The van der Waals surface area contributed by atoms with Crippen LogP contribution >= 0.6 is 24.4 Å². The van der Waals surface area contributed by atoms with E-state index in [0.717, 1.165) is 24.5 Å². The molecule has 6 nitrogen and oxygen atoms in total. The summed E-state index contributed by atoms with van der Waals surface area (Å²) < 4.78 is 5.04. The number of H-pyrrole nitrogens is 2. The van der Waals surface area contributed by atoms with Crippen LogP contribution in [0.3, 0.4) is 0 Å². The van der Waals surface area contributed by atoms with Gasteiger partial charge in [-0.3, -0.25) is 10.2 Å². The molecule has 2 aromatic rings. The van der Waals surface area contributed by atoms with Crippen molar-refractivity contribution in [1.29, 1.82) is 0 Å². The average Bonchev–Trinajstić information content (AvgIpc) is 2.95. The number of rotatable bonds is 7. The molecule has 0 aliphatic carbocycles. The lowest BCUT2D eigenvalue weighted by Crippen LogP contribution is -2.08. The lowest BCUT2D eigenvalue weighted by atomic mass is 10.2. The summed E-state index contributed by atoms with van der Waals surface area (Å²) >= 11 is 10.4. The molecule has 2 aromatic heterocycles. The minimum absolute atomic E-state index is 0.602. The molecule has 0 aromatic carbocycles. The van der Waals surface area contributed by atoms with Gasteiger partial charge in [0.25, 0.3) is 0 Å². The molecular weight excluding hydrogens is 292 g/mol. The van der Waals surface area contributed by atoms with E-state index >= 15 is 0 Å². The molecule has 0 saturated heterocycles. The maximum atomic E-state index is 5.18. The zero-order chi connectivity index (χ0) is 14.5. The molecule has 0 aliphatic rings. The summed E-state index contributed by atoms with van der Waals surface area (Å²) in [6, 6.07) is 0. The maximum absolute atomic E-state index is 5.18. The Morgan fingerprint density at radius 1 is 0.900 bits per heavy atom. The van der Waals surface area contributed by atoms with Crippen LogP contribution in [-0.4, -0.2) is 29.5 Å². The molecule has 0 unspecified atom stereocenters. The predicted octanol–water partition coefficient (Wildman–Crippen LogP) is 2.35. The molecule has 0 radical (unpaired) electrons. The van der Waals surface area contributed by atoms with Crippen LogP contribution in [0.15, 0.2) is 25.3 Å². The van der Waals surface area contributed by atoms with Gasteiger partial charge in [0.15, 0.2) is 9.54 Å². The van der Waals surface area contributed by atoms with Gasteiger partial charge in [0.05, 0.1) is 0 Å². The van der Waals surface area contributed by atoms with Crippen molar-refractivity contribution in [1.82, 2.24) is 29.5 Å². The normalized spacial score (nSPS) is 10.6. The van der Waals surface area contributed by atoms with Crippen molar-refractivity contribution in [2.45, 2.75) is 25.9 Å². The van der Waals surface area contributed by atoms with Crippen molar-refractivity contribution in [2.75, 3.05) is 0 Å². The van der Waals surface area contributed by atoms with Crippen molar-refractivity contribution in [3.63, 3.8) is 0 Å². The second-order valence-corrected chi connectivity index (χ2v) is 4.96. The van der Waals surface area contributed by atoms with Crippen LogP contribution in [0.4, 0.5) is 0 Å². The number of aryl methyl sites for hydroxylation is 2. The molecule has 2 rings (SSSR count). The summed E-state index contributed by atoms with van der Waals surface area (Å²) in [5.74, 6) is 1.77. The first kappa shape index (κ1) is 14.6. The van der Waals surface area contributed by atoms with Gasteiger partial charge >= 0.3 is 0 Å². The smallest absolute Gasteiger partial charge is 0.195 e. The molecule has 20 heavy (non-hydrogen) atoms. The van der Waals surface area contributed by atoms with Crippen LogP contribution in [0.5, 0.6) is 0 Å². The van der Waals surface area contributed by atoms with E-state index in [4.69, 9.17) is 24.4 Å². The number of hydrogen-bond acceptors (Lipinski definition) is 4. The van der Waals surface area contributed by atoms with Crippen molar-refractivity contribution < 1.29 is 0 Å². The number of hydrogen-bond donors (Lipinski definition) is 2. The summed E-state index contributed by atoms with van der Waals surface area (Å²) in [5.41, 5.74) is 0. The summed E-state index contributed by atoms with van der Waals surface area (Å²) in [6.45, 7) is 8.73. The molecule has 8 heteroatoms. The van der Waals surface area contributed by atoms with E-state index in [-0.39, 0.29) is 0 Å².